The lowest BCUT2D eigenvalue weighted by atomic mass is 10.0. The number of amides is 1. The zero-order chi connectivity index (χ0) is 17.8. The van der Waals surface area contributed by atoms with E-state index in [9.17, 15) is 9.59 Å². The number of carbonyl (C=O) groups is 2. The topological polar surface area (TPSA) is 43.9 Å². The van der Waals surface area contributed by atoms with Crippen LogP contribution in [0.25, 0.3) is 0 Å². The molecule has 0 unspecified atom stereocenters. The van der Waals surface area contributed by atoms with Crippen LogP contribution >= 0.6 is 0 Å². The van der Waals surface area contributed by atoms with E-state index in [1.54, 1.807) is 12.1 Å². The van der Waals surface area contributed by atoms with Gasteiger partial charge in [0.15, 0.2) is 5.78 Å². The zero-order valence-electron chi connectivity index (χ0n) is 15.4. The molecule has 2 fully saturated rings. The number of Topliss-reactive ketones (excluding diaryl/α,β-unsaturated/α-hetero) is 1. The molecule has 136 valence electrons. The van der Waals surface area contributed by atoms with Crippen LogP contribution in [0.1, 0.15) is 46.9 Å². The third-order valence-corrected chi connectivity index (χ3v) is 5.52. The summed E-state index contributed by atoms with van der Waals surface area (Å²) in [7, 11) is 2.17. The Morgan fingerprint density at radius 3 is 2.32 bits per heavy atom. The number of hydrogen-bond donors (Lipinski definition) is 0. The van der Waals surface area contributed by atoms with E-state index in [0.717, 1.165) is 58.5 Å². The molecule has 0 N–H and O–H groups in total. The second-order valence-corrected chi connectivity index (χ2v) is 7.34. The highest BCUT2D eigenvalue weighted by Crippen LogP contribution is 2.20. The molecule has 1 aromatic carbocycles. The normalized spacial score (nSPS) is 23.3. The lowest BCUT2D eigenvalue weighted by molar-refractivity contribution is 0.0628. The van der Waals surface area contributed by atoms with E-state index in [4.69, 9.17) is 0 Å². The van der Waals surface area contributed by atoms with Gasteiger partial charge in [0.1, 0.15) is 0 Å². The molecule has 0 spiro atoms. The third-order valence-electron chi connectivity index (χ3n) is 5.52. The number of rotatable bonds is 3. The summed E-state index contributed by atoms with van der Waals surface area (Å²) in [6.07, 6.45) is 3.36. The van der Waals surface area contributed by atoms with Crippen LogP contribution in [0.15, 0.2) is 24.3 Å². The Hall–Kier alpha value is -1.72. The van der Waals surface area contributed by atoms with Gasteiger partial charge in [-0.25, -0.2) is 0 Å². The van der Waals surface area contributed by atoms with Crippen LogP contribution in [-0.2, 0) is 0 Å². The quantitative estimate of drug-likeness (QED) is 0.789. The van der Waals surface area contributed by atoms with Crippen LogP contribution in [0.2, 0.25) is 0 Å². The van der Waals surface area contributed by atoms with Gasteiger partial charge in [-0.2, -0.15) is 0 Å². The van der Waals surface area contributed by atoms with Crippen molar-refractivity contribution in [2.45, 2.75) is 32.2 Å². The van der Waals surface area contributed by atoms with E-state index in [1.807, 2.05) is 17.0 Å². The molecule has 25 heavy (non-hydrogen) atoms. The van der Waals surface area contributed by atoms with Crippen LogP contribution in [-0.4, -0.2) is 78.7 Å². The van der Waals surface area contributed by atoms with E-state index >= 15 is 0 Å². The fourth-order valence-corrected chi connectivity index (χ4v) is 3.94. The van der Waals surface area contributed by atoms with Gasteiger partial charge >= 0.3 is 0 Å². The van der Waals surface area contributed by atoms with Crippen molar-refractivity contribution in [2.24, 2.45) is 0 Å². The second-order valence-electron chi connectivity index (χ2n) is 7.34. The number of hydrogen-bond acceptors (Lipinski definition) is 4. The fraction of sp³-hybridized carbons (Fsp3) is 0.600. The van der Waals surface area contributed by atoms with Gasteiger partial charge in [0.2, 0.25) is 0 Å². The van der Waals surface area contributed by atoms with Crippen molar-refractivity contribution < 1.29 is 9.59 Å². The fourth-order valence-electron chi connectivity index (χ4n) is 3.94. The highest BCUT2D eigenvalue weighted by Gasteiger charge is 2.29. The molecule has 1 atom stereocenters. The minimum atomic E-state index is -0.0469. The van der Waals surface area contributed by atoms with Crippen LogP contribution in [0, 0.1) is 0 Å². The smallest absolute Gasteiger partial charge is 0.254 e. The van der Waals surface area contributed by atoms with E-state index < -0.39 is 0 Å². The van der Waals surface area contributed by atoms with Crippen LogP contribution < -0.4 is 0 Å². The van der Waals surface area contributed by atoms with E-state index in [-0.39, 0.29) is 11.7 Å². The number of likely N-dealkylation sites (N-methyl/N-ethyl adjacent to an activating group) is 1. The Kier molecular flexibility index (Phi) is 5.86. The van der Waals surface area contributed by atoms with Crippen molar-refractivity contribution in [3.05, 3.63) is 35.4 Å². The average Bonchev–Trinajstić information content (AvgIpc) is 2.88. The number of benzene rings is 1. The van der Waals surface area contributed by atoms with E-state index in [1.165, 1.54) is 6.92 Å². The Morgan fingerprint density at radius 1 is 0.960 bits per heavy atom. The first-order chi connectivity index (χ1) is 12.1. The summed E-state index contributed by atoms with van der Waals surface area (Å²) < 4.78 is 0. The molecule has 0 radical (unpaired) electrons. The molecule has 0 bridgehead atoms. The maximum absolute atomic E-state index is 13.1. The highest BCUT2D eigenvalue weighted by molar-refractivity contribution is 6.07. The summed E-state index contributed by atoms with van der Waals surface area (Å²) >= 11 is 0. The summed E-state index contributed by atoms with van der Waals surface area (Å²) in [4.78, 5) is 31.9. The van der Waals surface area contributed by atoms with E-state index in [2.05, 4.69) is 16.8 Å². The molecule has 1 aromatic rings. The van der Waals surface area contributed by atoms with Crippen molar-refractivity contribution in [1.82, 2.24) is 14.7 Å². The largest absolute Gasteiger partial charge is 0.337 e. The molecule has 5 nitrogen and oxygen atoms in total. The Bertz CT molecular complexity index is 623. The summed E-state index contributed by atoms with van der Waals surface area (Å²) in [5, 5.41) is 0. The molecule has 2 saturated heterocycles. The van der Waals surface area contributed by atoms with Gasteiger partial charge in [-0.3, -0.25) is 14.5 Å². The monoisotopic (exact) mass is 343 g/mol. The Morgan fingerprint density at radius 2 is 1.64 bits per heavy atom. The molecular formula is C20H29N3O2. The molecule has 0 aromatic heterocycles. The second kappa shape index (κ2) is 8.11. The SMILES string of the molecule is CC(=O)c1ccccc1C(=O)N1CCCC[C@H](N2CCN(C)CC2)C1. The lowest BCUT2D eigenvalue weighted by Gasteiger charge is -2.39. The highest BCUT2D eigenvalue weighted by atomic mass is 16.2. The minimum absolute atomic E-state index is 0.00632. The number of carbonyl (C=O) groups excluding carboxylic acids is 2. The Labute approximate surface area is 150 Å². The van der Waals surface area contributed by atoms with Gasteiger partial charge in [0.05, 0.1) is 5.56 Å². The van der Waals surface area contributed by atoms with Crippen LogP contribution in [0.4, 0.5) is 0 Å². The zero-order valence-corrected chi connectivity index (χ0v) is 15.4. The van der Waals surface area contributed by atoms with Crippen molar-refractivity contribution in [3.63, 3.8) is 0 Å². The number of ketones is 1. The summed E-state index contributed by atoms with van der Waals surface area (Å²) in [5.41, 5.74) is 1.09. The van der Waals surface area contributed by atoms with Crippen molar-refractivity contribution in [3.8, 4) is 0 Å². The molecule has 3 rings (SSSR count). The van der Waals surface area contributed by atoms with Gasteiger partial charge < -0.3 is 9.80 Å². The molecule has 2 aliphatic heterocycles. The van der Waals surface area contributed by atoms with E-state index in [0.29, 0.717) is 17.2 Å². The number of likely N-dealkylation sites (tertiary alicyclic amines) is 1. The first kappa shape index (κ1) is 18.1. The predicted molar refractivity (Wildman–Crippen MR) is 99.1 cm³/mol. The minimum Gasteiger partial charge on any atom is -0.337 e. The molecule has 2 heterocycles. The first-order valence-electron chi connectivity index (χ1n) is 9.38. The molecule has 0 saturated carbocycles. The van der Waals surface area contributed by atoms with Crippen molar-refractivity contribution in [1.29, 1.82) is 0 Å². The number of piperazine rings is 1. The van der Waals surface area contributed by atoms with Gasteiger partial charge in [0, 0.05) is 50.9 Å². The van der Waals surface area contributed by atoms with Gasteiger partial charge in [-0.15, -0.1) is 0 Å². The Balaban J connectivity index is 1.75. The van der Waals surface area contributed by atoms with Gasteiger partial charge in [0.25, 0.3) is 5.91 Å². The predicted octanol–water partition coefficient (Wildman–Crippen LogP) is 2.13. The number of nitrogens with zero attached hydrogens (tertiary/aromatic N) is 3. The van der Waals surface area contributed by atoms with Gasteiger partial charge in [-0.1, -0.05) is 24.6 Å². The van der Waals surface area contributed by atoms with Crippen LogP contribution in [0.5, 0.6) is 0 Å². The first-order valence-corrected chi connectivity index (χ1v) is 9.38. The maximum Gasteiger partial charge on any atom is 0.254 e. The molecular weight excluding hydrogens is 314 g/mol. The summed E-state index contributed by atoms with van der Waals surface area (Å²) in [5.74, 6) is -0.0405. The average molecular weight is 343 g/mol. The van der Waals surface area contributed by atoms with Crippen LogP contribution in [0.3, 0.4) is 0 Å². The third kappa shape index (κ3) is 4.28. The lowest BCUT2D eigenvalue weighted by Crippen LogP contribution is -2.52. The summed E-state index contributed by atoms with van der Waals surface area (Å²) in [6, 6.07) is 7.64. The molecule has 2 aliphatic rings. The molecule has 5 heteroatoms. The molecule has 0 aliphatic carbocycles. The van der Waals surface area contributed by atoms with Crippen molar-refractivity contribution >= 4 is 11.7 Å². The maximum atomic E-state index is 13.1. The standard InChI is InChI=1S/C20H29N3O2/c1-16(24)18-8-3-4-9-19(18)20(25)23-10-6-5-7-17(15-23)22-13-11-21(2)12-14-22/h3-4,8-9,17H,5-7,10-15H2,1-2H3/t17-/m0/s1. The van der Waals surface area contributed by atoms with Crippen molar-refractivity contribution in [2.75, 3.05) is 46.3 Å². The van der Waals surface area contributed by atoms with Gasteiger partial charge in [-0.05, 0) is 32.9 Å². The summed E-state index contributed by atoms with van der Waals surface area (Å²) in [6.45, 7) is 7.43. The molecule has 1 amide bonds.